The molecule has 0 spiro atoms. The number of nitrogens with two attached hydrogens (primary N) is 2. The van der Waals surface area contributed by atoms with Crippen LogP contribution < -0.4 is 20.9 Å². The van der Waals surface area contributed by atoms with Gasteiger partial charge in [0.15, 0.2) is 5.75 Å². The van der Waals surface area contributed by atoms with Crippen molar-refractivity contribution in [3.05, 3.63) is 83.9 Å². The molecule has 6 heteroatoms. The van der Waals surface area contributed by atoms with Crippen molar-refractivity contribution in [2.75, 3.05) is 11.5 Å². The smallest absolute Gasteiger partial charge is 0.344 e. The van der Waals surface area contributed by atoms with Gasteiger partial charge in [-0.15, -0.1) is 0 Å². The molecule has 0 bridgehead atoms. The molecule has 0 amide bonds. The second-order valence-corrected chi connectivity index (χ2v) is 5.43. The fraction of sp³-hybridized carbons (Fsp3) is 0. The van der Waals surface area contributed by atoms with Crippen molar-refractivity contribution in [2.24, 2.45) is 0 Å². The maximum Gasteiger partial charge on any atom is 0.344 e. The van der Waals surface area contributed by atoms with Gasteiger partial charge in [-0.3, -0.25) is 0 Å². The number of hydrogen-bond acceptors (Lipinski definition) is 6. The van der Waals surface area contributed by atoms with Gasteiger partial charge in [-0.1, -0.05) is 30.3 Å². The molecule has 0 saturated heterocycles. The first kappa shape index (κ1) is 17.0. The van der Waals surface area contributed by atoms with Crippen molar-refractivity contribution in [1.29, 1.82) is 0 Å². The van der Waals surface area contributed by atoms with E-state index in [1.165, 1.54) is 18.2 Å². The maximum absolute atomic E-state index is 12.5. The van der Waals surface area contributed by atoms with Crippen LogP contribution in [0.1, 0.15) is 20.7 Å². The molecule has 0 unspecified atom stereocenters. The number of carbonyl (C=O) groups excluding carboxylic acids is 2. The highest BCUT2D eigenvalue weighted by Crippen LogP contribution is 2.23. The van der Waals surface area contributed by atoms with Crippen LogP contribution in [-0.4, -0.2) is 11.9 Å². The van der Waals surface area contributed by atoms with Gasteiger partial charge < -0.3 is 20.9 Å². The Hall–Kier alpha value is -3.80. The second kappa shape index (κ2) is 7.40. The molecule has 3 aromatic rings. The van der Waals surface area contributed by atoms with Gasteiger partial charge in [0.25, 0.3) is 0 Å². The first-order valence-corrected chi connectivity index (χ1v) is 7.78. The average molecular weight is 348 g/mol. The molecule has 0 aliphatic rings. The minimum Gasteiger partial charge on any atom is -0.423 e. The normalized spacial score (nSPS) is 10.2. The van der Waals surface area contributed by atoms with Crippen LogP contribution in [0.3, 0.4) is 0 Å². The van der Waals surface area contributed by atoms with Crippen molar-refractivity contribution in [2.45, 2.75) is 0 Å². The summed E-state index contributed by atoms with van der Waals surface area (Å²) in [4.78, 5) is 25.0. The van der Waals surface area contributed by atoms with E-state index in [1.807, 2.05) is 0 Å². The molecule has 0 aromatic heterocycles. The van der Waals surface area contributed by atoms with Crippen LogP contribution in [0.5, 0.6) is 11.5 Å². The molecule has 0 radical (unpaired) electrons. The molecule has 26 heavy (non-hydrogen) atoms. The number of nitrogen functional groups attached to an aromatic ring is 2. The number of rotatable bonds is 4. The molecular formula is C20H16N2O4. The summed E-state index contributed by atoms with van der Waals surface area (Å²) in [5.74, 6) is -0.894. The molecule has 0 aliphatic heterocycles. The van der Waals surface area contributed by atoms with Crippen LogP contribution in [0.4, 0.5) is 11.4 Å². The van der Waals surface area contributed by atoms with Crippen molar-refractivity contribution in [1.82, 2.24) is 0 Å². The van der Waals surface area contributed by atoms with Crippen LogP contribution in [0.25, 0.3) is 0 Å². The summed E-state index contributed by atoms with van der Waals surface area (Å²) in [6.07, 6.45) is 0. The Morgan fingerprint density at radius 1 is 0.692 bits per heavy atom. The molecule has 3 aromatic carbocycles. The number of esters is 2. The monoisotopic (exact) mass is 348 g/mol. The summed E-state index contributed by atoms with van der Waals surface area (Å²) in [5, 5.41) is 0. The molecule has 3 rings (SSSR count). The average Bonchev–Trinajstić information content (AvgIpc) is 2.63. The first-order chi connectivity index (χ1) is 12.5. The number of para-hydroxylation sites is 2. The maximum atomic E-state index is 12.5. The van der Waals surface area contributed by atoms with E-state index in [1.54, 1.807) is 54.6 Å². The van der Waals surface area contributed by atoms with E-state index in [0.717, 1.165) is 0 Å². The topological polar surface area (TPSA) is 105 Å². The van der Waals surface area contributed by atoms with Gasteiger partial charge in [-0.2, -0.15) is 0 Å². The summed E-state index contributed by atoms with van der Waals surface area (Å²) in [7, 11) is 0. The third-order valence-corrected chi connectivity index (χ3v) is 3.56. The fourth-order valence-corrected chi connectivity index (χ4v) is 2.31. The van der Waals surface area contributed by atoms with Gasteiger partial charge in [0.05, 0.1) is 16.8 Å². The zero-order valence-corrected chi connectivity index (χ0v) is 13.7. The molecule has 6 nitrogen and oxygen atoms in total. The predicted molar refractivity (Wildman–Crippen MR) is 98.1 cm³/mol. The zero-order chi connectivity index (χ0) is 18.5. The number of anilines is 2. The lowest BCUT2D eigenvalue weighted by Gasteiger charge is -2.10. The molecule has 0 aliphatic carbocycles. The van der Waals surface area contributed by atoms with E-state index in [9.17, 15) is 9.59 Å². The molecule has 0 saturated carbocycles. The third-order valence-electron chi connectivity index (χ3n) is 3.56. The van der Waals surface area contributed by atoms with E-state index in [4.69, 9.17) is 20.9 Å². The Bertz CT molecular complexity index is 969. The van der Waals surface area contributed by atoms with Crippen LogP contribution in [-0.2, 0) is 0 Å². The van der Waals surface area contributed by atoms with Crippen molar-refractivity contribution in [3.8, 4) is 11.5 Å². The summed E-state index contributed by atoms with van der Waals surface area (Å²) >= 11 is 0. The highest BCUT2D eigenvalue weighted by Gasteiger charge is 2.20. The van der Waals surface area contributed by atoms with E-state index in [0.29, 0.717) is 11.4 Å². The van der Waals surface area contributed by atoms with Crippen molar-refractivity contribution < 1.29 is 19.1 Å². The molecule has 0 fully saturated rings. The zero-order valence-electron chi connectivity index (χ0n) is 13.7. The lowest BCUT2D eigenvalue weighted by Crippen LogP contribution is -2.17. The van der Waals surface area contributed by atoms with Gasteiger partial charge in [0, 0.05) is 11.8 Å². The number of carbonyl (C=O) groups is 2. The van der Waals surface area contributed by atoms with Crippen molar-refractivity contribution >= 4 is 23.3 Å². The van der Waals surface area contributed by atoms with Crippen molar-refractivity contribution in [3.63, 3.8) is 0 Å². The van der Waals surface area contributed by atoms with Crippen LogP contribution in [0, 0.1) is 0 Å². The van der Waals surface area contributed by atoms with E-state index >= 15 is 0 Å². The summed E-state index contributed by atoms with van der Waals surface area (Å²) in [6, 6.07) is 19.3. The van der Waals surface area contributed by atoms with E-state index in [2.05, 4.69) is 0 Å². The summed E-state index contributed by atoms with van der Waals surface area (Å²) < 4.78 is 10.6. The number of ether oxygens (including phenoxy) is 2. The molecule has 0 atom stereocenters. The minimum absolute atomic E-state index is 0.0738. The summed E-state index contributed by atoms with van der Waals surface area (Å²) in [6.45, 7) is 0. The predicted octanol–water partition coefficient (Wildman–Crippen LogP) is 3.29. The molecule has 0 heterocycles. The Morgan fingerprint density at radius 3 is 1.96 bits per heavy atom. The van der Waals surface area contributed by atoms with Gasteiger partial charge in [-0.05, 0) is 36.4 Å². The lowest BCUT2D eigenvalue weighted by atomic mass is 10.1. The van der Waals surface area contributed by atoms with Crippen LogP contribution in [0.15, 0.2) is 72.8 Å². The Labute approximate surface area is 150 Å². The standard InChI is InChI=1S/C20H16N2O4/c21-13-6-5-7-14(12-13)25-19(23)15-8-1-2-9-16(15)20(24)26-18-11-4-3-10-17(18)22/h1-12H,21-22H2. The SMILES string of the molecule is Nc1cccc(OC(=O)c2ccccc2C(=O)Oc2ccccc2N)c1. The van der Waals surface area contributed by atoms with E-state index in [-0.39, 0.29) is 22.6 Å². The fourth-order valence-electron chi connectivity index (χ4n) is 2.31. The Kier molecular flexibility index (Phi) is 4.85. The van der Waals surface area contributed by atoms with Gasteiger partial charge in [0.1, 0.15) is 5.75 Å². The Morgan fingerprint density at radius 2 is 1.31 bits per heavy atom. The second-order valence-electron chi connectivity index (χ2n) is 5.43. The highest BCUT2D eigenvalue weighted by molar-refractivity contribution is 6.04. The van der Waals surface area contributed by atoms with Crippen LogP contribution in [0.2, 0.25) is 0 Å². The minimum atomic E-state index is -0.706. The van der Waals surface area contributed by atoms with Crippen LogP contribution >= 0.6 is 0 Å². The van der Waals surface area contributed by atoms with E-state index < -0.39 is 11.9 Å². The van der Waals surface area contributed by atoms with Gasteiger partial charge >= 0.3 is 11.9 Å². The first-order valence-electron chi connectivity index (χ1n) is 7.78. The third kappa shape index (κ3) is 3.81. The molecule has 4 N–H and O–H groups in total. The quantitative estimate of drug-likeness (QED) is 0.426. The molecular weight excluding hydrogens is 332 g/mol. The largest absolute Gasteiger partial charge is 0.423 e. The Balaban J connectivity index is 1.84. The number of hydrogen-bond donors (Lipinski definition) is 2. The van der Waals surface area contributed by atoms with Gasteiger partial charge in [0.2, 0.25) is 0 Å². The number of benzene rings is 3. The highest BCUT2D eigenvalue weighted by atomic mass is 16.5. The lowest BCUT2D eigenvalue weighted by molar-refractivity contribution is 0.0692. The van der Waals surface area contributed by atoms with Gasteiger partial charge in [-0.25, -0.2) is 9.59 Å². The summed E-state index contributed by atoms with van der Waals surface area (Å²) in [5.41, 5.74) is 12.4. The molecule has 130 valence electrons.